The molecule has 0 aliphatic rings. The summed E-state index contributed by atoms with van der Waals surface area (Å²) in [6, 6.07) is 23.7. The van der Waals surface area contributed by atoms with Gasteiger partial charge in [-0.05, 0) is 54.4 Å². The number of rotatable bonds is 17. The van der Waals surface area contributed by atoms with E-state index in [1.165, 1.54) is 12.1 Å². The Morgan fingerprint density at radius 3 is 1.75 bits per heavy atom. The number of halogens is 1. The van der Waals surface area contributed by atoms with Gasteiger partial charge in [-0.1, -0.05) is 129 Å². The quantitative estimate of drug-likeness (QED) is 0.0711. The SMILES string of the molecule is CC(C)C[C@H](NC(=O)[C@H](CCc1ccccc1)NC(=O)CC(C)C(C)I)C(=O)N[C@@H](Cc1ccccc1)C(=O)OC(=O)c1ccccc1. The summed E-state index contributed by atoms with van der Waals surface area (Å²) in [6.45, 7) is 7.86. The first kappa shape index (κ1) is 38.4. The molecule has 0 heterocycles. The lowest BCUT2D eigenvalue weighted by atomic mass is 9.99. The molecule has 0 aromatic heterocycles. The third-order valence-electron chi connectivity index (χ3n) is 7.93. The lowest BCUT2D eigenvalue weighted by Gasteiger charge is -2.26. The molecule has 0 saturated carbocycles. The average Bonchev–Trinajstić information content (AvgIpc) is 3.06. The van der Waals surface area contributed by atoms with E-state index >= 15 is 0 Å². The largest absolute Gasteiger partial charge is 0.388 e. The number of ether oxygens (including phenoxy) is 1. The normalized spacial score (nSPS) is 14.1. The molecule has 3 rings (SSSR count). The van der Waals surface area contributed by atoms with Gasteiger partial charge in [0.05, 0.1) is 5.56 Å². The van der Waals surface area contributed by atoms with Gasteiger partial charge in [0, 0.05) is 16.8 Å². The molecule has 0 spiro atoms. The van der Waals surface area contributed by atoms with Crippen molar-refractivity contribution in [2.75, 3.05) is 0 Å². The third-order valence-corrected chi connectivity index (χ3v) is 9.16. The molecule has 0 aliphatic heterocycles. The van der Waals surface area contributed by atoms with Gasteiger partial charge in [0.25, 0.3) is 0 Å². The number of aryl methyl sites for hydroxylation is 1. The maximum Gasteiger partial charge on any atom is 0.345 e. The Kier molecular flexibility index (Phi) is 15.7. The van der Waals surface area contributed by atoms with Gasteiger partial charge in [0.2, 0.25) is 17.7 Å². The molecule has 3 aromatic rings. The number of hydrogen-bond donors (Lipinski definition) is 3. The minimum atomic E-state index is -1.20. The lowest BCUT2D eigenvalue weighted by molar-refractivity contribution is -0.143. The lowest BCUT2D eigenvalue weighted by Crippen LogP contribution is -2.56. The average molecular weight is 768 g/mol. The summed E-state index contributed by atoms with van der Waals surface area (Å²) in [4.78, 5) is 66.6. The molecule has 0 fully saturated rings. The molecule has 0 aliphatic carbocycles. The number of amides is 3. The topological polar surface area (TPSA) is 131 Å². The van der Waals surface area contributed by atoms with Crippen LogP contribution in [0, 0.1) is 11.8 Å². The molecule has 9 nitrogen and oxygen atoms in total. The van der Waals surface area contributed by atoms with E-state index in [1.807, 2.05) is 76.2 Å². The molecule has 2 unspecified atom stereocenters. The second-order valence-electron chi connectivity index (χ2n) is 12.5. The van der Waals surface area contributed by atoms with Crippen LogP contribution in [0.5, 0.6) is 0 Å². The van der Waals surface area contributed by atoms with Gasteiger partial charge >= 0.3 is 11.9 Å². The highest BCUT2D eigenvalue weighted by molar-refractivity contribution is 14.1. The van der Waals surface area contributed by atoms with Crippen molar-refractivity contribution >= 4 is 52.3 Å². The van der Waals surface area contributed by atoms with Crippen LogP contribution in [0.15, 0.2) is 91.0 Å². The highest BCUT2D eigenvalue weighted by atomic mass is 127. The molecule has 0 saturated heterocycles. The Hall–Kier alpha value is -4.06. The number of nitrogens with one attached hydrogen (secondary N) is 3. The van der Waals surface area contributed by atoms with E-state index < -0.39 is 41.9 Å². The fourth-order valence-electron chi connectivity index (χ4n) is 5.02. The molecule has 0 bridgehead atoms. The van der Waals surface area contributed by atoms with Gasteiger partial charge in [0.15, 0.2) is 0 Å². The van der Waals surface area contributed by atoms with E-state index in [2.05, 4.69) is 38.5 Å². The van der Waals surface area contributed by atoms with E-state index in [9.17, 15) is 24.0 Å². The predicted molar refractivity (Wildman–Crippen MR) is 194 cm³/mol. The minimum Gasteiger partial charge on any atom is -0.388 e. The van der Waals surface area contributed by atoms with Gasteiger partial charge in [0.1, 0.15) is 18.1 Å². The highest BCUT2D eigenvalue weighted by Crippen LogP contribution is 2.17. The van der Waals surface area contributed by atoms with Gasteiger partial charge in [-0.3, -0.25) is 14.4 Å². The van der Waals surface area contributed by atoms with Gasteiger partial charge in [-0.25, -0.2) is 9.59 Å². The van der Waals surface area contributed by atoms with Gasteiger partial charge < -0.3 is 20.7 Å². The third kappa shape index (κ3) is 13.2. The molecular weight excluding hydrogens is 721 g/mol. The van der Waals surface area contributed by atoms with E-state index in [4.69, 9.17) is 4.74 Å². The second-order valence-corrected chi connectivity index (χ2v) is 14.5. The maximum absolute atomic E-state index is 13.8. The zero-order valence-corrected chi connectivity index (χ0v) is 30.1. The van der Waals surface area contributed by atoms with Gasteiger partial charge in [-0.2, -0.15) is 0 Å². The van der Waals surface area contributed by atoms with Crippen molar-refractivity contribution in [2.45, 2.75) is 81.8 Å². The summed E-state index contributed by atoms with van der Waals surface area (Å²) in [6.07, 6.45) is 1.48. The van der Waals surface area contributed by atoms with Crippen LogP contribution in [0.2, 0.25) is 0 Å². The molecule has 48 heavy (non-hydrogen) atoms. The zero-order valence-electron chi connectivity index (χ0n) is 28.0. The van der Waals surface area contributed by atoms with E-state index in [-0.39, 0.29) is 46.5 Å². The van der Waals surface area contributed by atoms with Crippen molar-refractivity contribution in [3.63, 3.8) is 0 Å². The monoisotopic (exact) mass is 767 g/mol. The van der Waals surface area contributed by atoms with Crippen molar-refractivity contribution < 1.29 is 28.7 Å². The van der Waals surface area contributed by atoms with Crippen LogP contribution in [-0.2, 0) is 36.8 Å². The Bertz CT molecular complexity index is 1480. The summed E-state index contributed by atoms with van der Waals surface area (Å²) in [5.74, 6) is -2.95. The van der Waals surface area contributed by atoms with Crippen LogP contribution < -0.4 is 16.0 Å². The zero-order chi connectivity index (χ0) is 35.1. The fraction of sp³-hybridized carbons (Fsp3) is 0.395. The summed E-state index contributed by atoms with van der Waals surface area (Å²) >= 11 is 2.28. The molecule has 256 valence electrons. The Morgan fingerprint density at radius 2 is 1.19 bits per heavy atom. The van der Waals surface area contributed by atoms with Crippen LogP contribution in [-0.4, -0.2) is 51.7 Å². The predicted octanol–water partition coefficient (Wildman–Crippen LogP) is 5.60. The fourth-order valence-corrected chi connectivity index (χ4v) is 5.27. The Labute approximate surface area is 297 Å². The first-order chi connectivity index (χ1) is 22.9. The summed E-state index contributed by atoms with van der Waals surface area (Å²) in [5, 5.41) is 8.50. The summed E-state index contributed by atoms with van der Waals surface area (Å²) in [5.41, 5.74) is 1.96. The smallest absolute Gasteiger partial charge is 0.345 e. The molecule has 3 aromatic carbocycles. The number of carbonyl (C=O) groups excluding carboxylic acids is 5. The van der Waals surface area contributed by atoms with Crippen molar-refractivity contribution in [1.82, 2.24) is 16.0 Å². The van der Waals surface area contributed by atoms with Crippen molar-refractivity contribution in [3.8, 4) is 0 Å². The summed E-state index contributed by atoms with van der Waals surface area (Å²) in [7, 11) is 0. The molecule has 3 amide bonds. The van der Waals surface area contributed by atoms with Crippen LogP contribution in [0.25, 0.3) is 0 Å². The molecular formula is C38H46IN3O6. The van der Waals surface area contributed by atoms with Crippen LogP contribution in [0.3, 0.4) is 0 Å². The van der Waals surface area contributed by atoms with E-state index in [0.717, 1.165) is 11.1 Å². The number of benzene rings is 3. The first-order valence-electron chi connectivity index (χ1n) is 16.4. The molecule has 3 N–H and O–H groups in total. The van der Waals surface area contributed by atoms with E-state index in [1.54, 1.807) is 30.3 Å². The molecule has 10 heteroatoms. The Morgan fingerprint density at radius 1 is 0.667 bits per heavy atom. The van der Waals surface area contributed by atoms with Crippen molar-refractivity contribution in [2.24, 2.45) is 11.8 Å². The maximum atomic E-state index is 13.8. The van der Waals surface area contributed by atoms with Crippen LogP contribution in [0.4, 0.5) is 0 Å². The highest BCUT2D eigenvalue weighted by Gasteiger charge is 2.32. The number of carbonyl (C=O) groups is 5. The number of hydrogen-bond acceptors (Lipinski definition) is 6. The summed E-state index contributed by atoms with van der Waals surface area (Å²) < 4.78 is 5.46. The molecule has 0 radical (unpaired) electrons. The number of esters is 2. The second kappa shape index (κ2) is 19.7. The Balaban J connectivity index is 1.80. The van der Waals surface area contributed by atoms with Crippen LogP contribution in [0.1, 0.15) is 68.4 Å². The van der Waals surface area contributed by atoms with Crippen molar-refractivity contribution in [3.05, 3.63) is 108 Å². The molecule has 5 atom stereocenters. The number of alkyl halides is 1. The van der Waals surface area contributed by atoms with E-state index in [0.29, 0.717) is 12.8 Å². The first-order valence-corrected chi connectivity index (χ1v) is 17.6. The van der Waals surface area contributed by atoms with Crippen molar-refractivity contribution in [1.29, 1.82) is 0 Å². The minimum absolute atomic E-state index is 0.00332. The standard InChI is InChI=1S/C38H46IN3O6/c1-25(2)22-32(41-35(44)31(21-20-28-14-8-5-9-15-28)40-34(43)23-26(3)27(4)39)36(45)42-33(24-29-16-10-6-11-17-29)38(47)48-37(46)30-18-12-7-13-19-30/h5-19,25-27,31-33H,20-24H2,1-4H3,(H,40,43)(H,41,44)(H,42,45)/t26?,27?,31-,32-,33-/m0/s1. The van der Waals surface area contributed by atoms with Gasteiger partial charge in [-0.15, -0.1) is 0 Å². The van der Waals surface area contributed by atoms with Crippen LogP contribution >= 0.6 is 22.6 Å².